The van der Waals surface area contributed by atoms with Gasteiger partial charge in [0, 0.05) is 13.0 Å². The Balaban J connectivity index is 4.24. The molecule has 318 valence electrons. The van der Waals surface area contributed by atoms with Crippen LogP contribution >= 0.6 is 7.82 Å². The standard InChI is InChI=1S/C43H82NO9P/c1-3-5-7-9-11-13-15-17-19-20-22-24-26-28-30-32-34-36-50-37-40(38-51-54(48,49)52-39-41(44)43(46)47)53-42(45)35-33-31-29-27-25-23-21-18-16-14-12-10-8-6-4-2/h13,15,19-20,40-41H,3-12,14,16-18,21-39,44H2,1-2H3,(H,46,47)(H,48,49)/b15-13-,20-19-. The first-order valence-electron chi connectivity index (χ1n) is 21.9. The maximum Gasteiger partial charge on any atom is 0.472 e. The van der Waals surface area contributed by atoms with Crippen LogP contribution in [0.2, 0.25) is 0 Å². The Morgan fingerprint density at radius 1 is 0.593 bits per heavy atom. The van der Waals surface area contributed by atoms with E-state index in [-0.39, 0.29) is 13.0 Å². The minimum Gasteiger partial charge on any atom is -0.480 e. The summed E-state index contributed by atoms with van der Waals surface area (Å²) in [6.07, 6.45) is 42.2. The van der Waals surface area contributed by atoms with E-state index in [1.807, 2.05) is 0 Å². The summed E-state index contributed by atoms with van der Waals surface area (Å²) in [6, 6.07) is -1.47. The third-order valence-electron chi connectivity index (χ3n) is 9.48. The van der Waals surface area contributed by atoms with Crippen LogP contribution in [0.3, 0.4) is 0 Å². The Hall–Kier alpha value is -1.55. The SMILES string of the molecule is CCCCCC/C=C\C/C=C\CCCCCCCCOCC(COP(=O)(O)OCC(N)C(=O)O)OC(=O)CCCCCCCCCCCCCCCCC. The van der Waals surface area contributed by atoms with Gasteiger partial charge in [0.2, 0.25) is 0 Å². The van der Waals surface area contributed by atoms with Gasteiger partial charge in [-0.1, -0.05) is 173 Å². The molecule has 11 heteroatoms. The molecule has 0 aliphatic carbocycles. The summed E-state index contributed by atoms with van der Waals surface area (Å²) in [6.45, 7) is 3.86. The van der Waals surface area contributed by atoms with Gasteiger partial charge in [-0.2, -0.15) is 0 Å². The summed E-state index contributed by atoms with van der Waals surface area (Å²) in [4.78, 5) is 33.5. The minimum absolute atomic E-state index is 0.0135. The lowest BCUT2D eigenvalue weighted by atomic mass is 10.0. The van der Waals surface area contributed by atoms with Gasteiger partial charge >= 0.3 is 19.8 Å². The monoisotopic (exact) mass is 788 g/mol. The molecule has 0 rings (SSSR count). The quantitative estimate of drug-likeness (QED) is 0.0236. The fourth-order valence-electron chi connectivity index (χ4n) is 6.05. The number of ether oxygens (including phenoxy) is 2. The lowest BCUT2D eigenvalue weighted by molar-refractivity contribution is -0.154. The second-order valence-corrected chi connectivity index (χ2v) is 16.3. The van der Waals surface area contributed by atoms with E-state index in [0.29, 0.717) is 13.0 Å². The maximum atomic E-state index is 12.6. The number of carbonyl (C=O) groups excluding carboxylic acids is 1. The Labute approximate surface area is 330 Å². The highest BCUT2D eigenvalue weighted by atomic mass is 31.2. The van der Waals surface area contributed by atoms with Crippen LogP contribution in [0, 0.1) is 0 Å². The van der Waals surface area contributed by atoms with Crippen molar-refractivity contribution in [2.45, 2.75) is 212 Å². The lowest BCUT2D eigenvalue weighted by Gasteiger charge is -2.20. The number of nitrogens with two attached hydrogens (primary N) is 1. The number of carboxylic acids is 1. The molecule has 4 N–H and O–H groups in total. The molecule has 0 aliphatic rings. The normalized spacial score (nSPS) is 14.1. The number of rotatable bonds is 42. The second-order valence-electron chi connectivity index (χ2n) is 14.8. The molecule has 3 atom stereocenters. The predicted molar refractivity (Wildman–Crippen MR) is 222 cm³/mol. The van der Waals surface area contributed by atoms with E-state index in [0.717, 1.165) is 44.9 Å². The Bertz CT molecular complexity index is 961. The molecule has 0 fully saturated rings. The number of carboxylic acid groups (broad SMARTS) is 1. The van der Waals surface area contributed by atoms with Crippen LogP contribution < -0.4 is 5.73 Å². The summed E-state index contributed by atoms with van der Waals surface area (Å²) in [7, 11) is -4.61. The van der Waals surface area contributed by atoms with Gasteiger partial charge in [0.05, 0.1) is 19.8 Å². The fraction of sp³-hybridized carbons (Fsp3) is 0.860. The van der Waals surface area contributed by atoms with Gasteiger partial charge in [-0.3, -0.25) is 18.6 Å². The van der Waals surface area contributed by atoms with E-state index in [9.17, 15) is 19.0 Å². The first-order valence-corrected chi connectivity index (χ1v) is 23.4. The average Bonchev–Trinajstić information content (AvgIpc) is 3.15. The molecule has 0 aromatic rings. The summed E-state index contributed by atoms with van der Waals surface area (Å²) >= 11 is 0. The van der Waals surface area contributed by atoms with Crippen LogP contribution in [0.25, 0.3) is 0 Å². The average molecular weight is 788 g/mol. The highest BCUT2D eigenvalue weighted by molar-refractivity contribution is 7.47. The summed E-state index contributed by atoms with van der Waals surface area (Å²) < 4.78 is 33.3. The van der Waals surface area contributed by atoms with Gasteiger partial charge in [-0.05, 0) is 44.9 Å². The van der Waals surface area contributed by atoms with Crippen LogP contribution in [0.15, 0.2) is 24.3 Å². The molecule has 0 bridgehead atoms. The first kappa shape index (κ1) is 52.5. The Kier molecular flexibility index (Phi) is 38.5. The van der Waals surface area contributed by atoms with Crippen molar-refractivity contribution in [3.05, 3.63) is 24.3 Å². The zero-order valence-corrected chi connectivity index (χ0v) is 35.5. The number of phosphoric ester groups is 1. The largest absolute Gasteiger partial charge is 0.480 e. The zero-order chi connectivity index (χ0) is 39.8. The third-order valence-corrected chi connectivity index (χ3v) is 10.4. The number of unbranched alkanes of at least 4 members (excludes halogenated alkanes) is 24. The smallest absolute Gasteiger partial charge is 0.472 e. The van der Waals surface area contributed by atoms with E-state index in [2.05, 4.69) is 38.2 Å². The van der Waals surface area contributed by atoms with E-state index in [1.165, 1.54) is 128 Å². The van der Waals surface area contributed by atoms with Gasteiger partial charge in [-0.25, -0.2) is 4.57 Å². The number of phosphoric acid groups is 1. The maximum absolute atomic E-state index is 12.6. The summed E-state index contributed by atoms with van der Waals surface area (Å²) in [5.41, 5.74) is 5.35. The topological polar surface area (TPSA) is 155 Å². The van der Waals surface area contributed by atoms with E-state index in [1.54, 1.807) is 0 Å². The van der Waals surface area contributed by atoms with Crippen molar-refractivity contribution in [3.8, 4) is 0 Å². The molecule has 0 amide bonds. The van der Waals surface area contributed by atoms with E-state index < -0.39 is 45.1 Å². The van der Waals surface area contributed by atoms with Gasteiger partial charge in [0.15, 0.2) is 0 Å². The Morgan fingerprint density at radius 2 is 1.02 bits per heavy atom. The van der Waals surface area contributed by atoms with Crippen LogP contribution in [0.4, 0.5) is 0 Å². The highest BCUT2D eigenvalue weighted by Crippen LogP contribution is 2.43. The molecule has 10 nitrogen and oxygen atoms in total. The molecule has 0 aromatic carbocycles. The number of hydrogen-bond donors (Lipinski definition) is 3. The number of hydrogen-bond acceptors (Lipinski definition) is 8. The van der Waals surface area contributed by atoms with Crippen LogP contribution in [-0.4, -0.2) is 60.5 Å². The van der Waals surface area contributed by atoms with Crippen LogP contribution in [-0.2, 0) is 32.7 Å². The van der Waals surface area contributed by atoms with Gasteiger partial charge in [0.1, 0.15) is 12.1 Å². The Morgan fingerprint density at radius 3 is 1.52 bits per heavy atom. The second kappa shape index (κ2) is 39.7. The number of esters is 1. The van der Waals surface area contributed by atoms with E-state index in [4.69, 9.17) is 29.4 Å². The zero-order valence-electron chi connectivity index (χ0n) is 34.6. The molecule has 0 radical (unpaired) electrons. The van der Waals surface area contributed by atoms with Crippen LogP contribution in [0.5, 0.6) is 0 Å². The molecule has 0 aromatic heterocycles. The molecule has 0 spiro atoms. The predicted octanol–water partition coefficient (Wildman–Crippen LogP) is 11.9. The molecular weight excluding hydrogens is 705 g/mol. The number of aliphatic carboxylic acids is 1. The van der Waals surface area contributed by atoms with Crippen molar-refractivity contribution < 1.29 is 42.7 Å². The molecule has 0 heterocycles. The van der Waals surface area contributed by atoms with Crippen molar-refractivity contribution in [3.63, 3.8) is 0 Å². The first-order chi connectivity index (χ1) is 26.2. The summed E-state index contributed by atoms with van der Waals surface area (Å²) in [5, 5.41) is 8.89. The molecule has 0 aliphatic heterocycles. The molecule has 54 heavy (non-hydrogen) atoms. The van der Waals surface area contributed by atoms with Crippen molar-refractivity contribution in [2.75, 3.05) is 26.4 Å². The fourth-order valence-corrected chi connectivity index (χ4v) is 6.82. The molecular formula is C43H82NO9P. The summed E-state index contributed by atoms with van der Waals surface area (Å²) in [5.74, 6) is -1.78. The van der Waals surface area contributed by atoms with Crippen molar-refractivity contribution in [2.24, 2.45) is 5.73 Å². The van der Waals surface area contributed by atoms with E-state index >= 15 is 0 Å². The highest BCUT2D eigenvalue weighted by Gasteiger charge is 2.27. The number of allylic oxidation sites excluding steroid dienone is 4. The molecule has 3 unspecified atom stereocenters. The van der Waals surface area contributed by atoms with Crippen molar-refractivity contribution in [1.29, 1.82) is 0 Å². The van der Waals surface area contributed by atoms with Gasteiger partial charge < -0.3 is 25.2 Å². The van der Waals surface area contributed by atoms with Gasteiger partial charge in [0.25, 0.3) is 0 Å². The number of carbonyl (C=O) groups is 2. The third kappa shape index (κ3) is 38.7. The van der Waals surface area contributed by atoms with Crippen LogP contribution in [0.1, 0.15) is 200 Å². The van der Waals surface area contributed by atoms with Crippen molar-refractivity contribution in [1.82, 2.24) is 0 Å². The van der Waals surface area contributed by atoms with Gasteiger partial charge in [-0.15, -0.1) is 0 Å². The molecule has 0 saturated carbocycles. The minimum atomic E-state index is -4.61. The lowest BCUT2D eigenvalue weighted by Crippen LogP contribution is -2.34. The molecule has 0 saturated heterocycles. The van der Waals surface area contributed by atoms with Crippen molar-refractivity contribution >= 4 is 19.8 Å².